The van der Waals surface area contributed by atoms with Crippen LogP contribution in [0.15, 0.2) is 186 Å². The van der Waals surface area contributed by atoms with Crippen molar-refractivity contribution in [2.75, 3.05) is 0 Å². The van der Waals surface area contributed by atoms with E-state index >= 15 is 0 Å². The van der Waals surface area contributed by atoms with E-state index in [2.05, 4.69) is 103 Å². The van der Waals surface area contributed by atoms with Gasteiger partial charge in [-0.1, -0.05) is 170 Å². The molecule has 0 saturated carbocycles. The monoisotopic (exact) mass is 627 g/mol. The Morgan fingerprint density at radius 3 is 1.59 bits per heavy atom. The van der Waals surface area contributed by atoms with Gasteiger partial charge in [0.2, 0.25) is 0 Å². The van der Waals surface area contributed by atoms with E-state index in [1.807, 2.05) is 48.5 Å². The topological polar surface area (TPSA) is 13.1 Å². The maximum absolute atomic E-state index is 8.74. The molecular formula is C48H30O. The van der Waals surface area contributed by atoms with Crippen molar-refractivity contribution in [3.8, 4) is 44.5 Å². The van der Waals surface area contributed by atoms with Crippen molar-refractivity contribution in [2.24, 2.45) is 0 Å². The Balaban J connectivity index is 1.22. The molecule has 0 bridgehead atoms. The minimum absolute atomic E-state index is 0.201. The van der Waals surface area contributed by atoms with Crippen LogP contribution in [0.5, 0.6) is 0 Å². The van der Waals surface area contributed by atoms with Crippen LogP contribution in [0.25, 0.3) is 98.8 Å². The highest BCUT2D eigenvalue weighted by Crippen LogP contribution is 2.47. The van der Waals surface area contributed by atoms with Crippen molar-refractivity contribution in [3.63, 3.8) is 0 Å². The number of fused-ring (bicyclic) bond motifs is 6. The predicted molar refractivity (Wildman–Crippen MR) is 208 cm³/mol. The van der Waals surface area contributed by atoms with Crippen LogP contribution < -0.4 is 0 Å². The SMILES string of the molecule is [2H]c1c([2H])c([2H])c(-c2ccc(-c3c4ccccc4c(-c4cccc(-c5cccc6c5oc5ccccc56)c4)c4ccccc34)c3ccccc23)c([2H])c1[2H]. The fourth-order valence-corrected chi connectivity index (χ4v) is 7.67. The molecule has 0 atom stereocenters. The van der Waals surface area contributed by atoms with Gasteiger partial charge in [0.1, 0.15) is 11.2 Å². The van der Waals surface area contributed by atoms with Crippen molar-refractivity contribution in [1.29, 1.82) is 0 Å². The Bertz CT molecular complexity index is 3090. The summed E-state index contributed by atoms with van der Waals surface area (Å²) in [6.07, 6.45) is 0. The largest absolute Gasteiger partial charge is 0.455 e. The lowest BCUT2D eigenvalue weighted by atomic mass is 9.83. The van der Waals surface area contributed by atoms with Gasteiger partial charge in [0.25, 0.3) is 0 Å². The third-order valence-corrected chi connectivity index (χ3v) is 9.76. The summed E-state index contributed by atoms with van der Waals surface area (Å²) >= 11 is 0. The van der Waals surface area contributed by atoms with Crippen molar-refractivity contribution >= 4 is 54.3 Å². The van der Waals surface area contributed by atoms with Crippen LogP contribution in [0, 0.1) is 0 Å². The van der Waals surface area contributed by atoms with Crippen LogP contribution in [-0.4, -0.2) is 0 Å². The molecule has 0 fully saturated rings. The van der Waals surface area contributed by atoms with Crippen molar-refractivity contribution in [2.45, 2.75) is 0 Å². The molecule has 0 spiro atoms. The number of para-hydroxylation sites is 2. The smallest absolute Gasteiger partial charge is 0.143 e. The molecule has 0 radical (unpaired) electrons. The molecule has 1 heteroatoms. The zero-order chi connectivity index (χ0) is 36.7. The lowest BCUT2D eigenvalue weighted by molar-refractivity contribution is 0.670. The van der Waals surface area contributed by atoms with Crippen molar-refractivity contribution in [1.82, 2.24) is 0 Å². The molecule has 0 unspecified atom stereocenters. The first kappa shape index (κ1) is 23.0. The molecule has 1 heterocycles. The highest BCUT2D eigenvalue weighted by Gasteiger charge is 2.20. The molecule has 0 amide bonds. The Hall–Kier alpha value is -6.44. The average Bonchev–Trinajstić information content (AvgIpc) is 3.61. The summed E-state index contributed by atoms with van der Waals surface area (Å²) in [7, 11) is 0. The molecule has 0 N–H and O–H groups in total. The van der Waals surface area contributed by atoms with Crippen LogP contribution in [0.2, 0.25) is 0 Å². The van der Waals surface area contributed by atoms with E-state index in [1.165, 1.54) is 0 Å². The highest BCUT2D eigenvalue weighted by atomic mass is 16.3. The first-order valence-corrected chi connectivity index (χ1v) is 16.4. The van der Waals surface area contributed by atoms with E-state index in [-0.39, 0.29) is 29.7 Å². The lowest BCUT2D eigenvalue weighted by Gasteiger charge is -2.20. The summed E-state index contributed by atoms with van der Waals surface area (Å²) in [4.78, 5) is 0. The van der Waals surface area contributed by atoms with E-state index in [0.29, 0.717) is 5.56 Å². The number of rotatable bonds is 4. The van der Waals surface area contributed by atoms with Gasteiger partial charge in [-0.2, -0.15) is 0 Å². The fraction of sp³-hybridized carbons (Fsp3) is 0. The number of hydrogen-bond acceptors (Lipinski definition) is 1. The Labute approximate surface area is 291 Å². The summed E-state index contributed by atoms with van der Waals surface area (Å²) in [5.74, 6) is 0. The molecule has 10 aromatic rings. The zero-order valence-electron chi connectivity index (χ0n) is 31.3. The summed E-state index contributed by atoms with van der Waals surface area (Å²) < 4.78 is 48.8. The Kier molecular flexibility index (Phi) is 5.20. The first-order chi connectivity index (χ1) is 26.4. The van der Waals surface area contributed by atoms with Gasteiger partial charge in [0.15, 0.2) is 0 Å². The molecular weight excluding hydrogens is 593 g/mol. The third kappa shape index (κ3) is 4.33. The fourth-order valence-electron chi connectivity index (χ4n) is 7.67. The van der Waals surface area contributed by atoms with Gasteiger partial charge >= 0.3 is 0 Å². The standard InChI is InChI=1S/C48H30O/c1-2-14-31(15-3-1)34-28-29-43(37-19-5-4-18-36(34)37)47-41-23-8-6-21-39(41)46(40-22-7-9-24-42(40)47)33-17-12-16-32(30-33)35-25-13-26-44-38-20-10-11-27-45(38)49-48(35)44/h1-30H/i1D,2D,3D,14D,15D. The van der Waals surface area contributed by atoms with Gasteiger partial charge in [0, 0.05) is 16.3 Å². The second-order valence-corrected chi connectivity index (χ2v) is 12.4. The van der Waals surface area contributed by atoms with Crippen LogP contribution in [0.3, 0.4) is 0 Å². The quantitative estimate of drug-likeness (QED) is 0.177. The molecule has 1 nitrogen and oxygen atoms in total. The summed E-state index contributed by atoms with van der Waals surface area (Å²) in [5, 5.41) is 8.37. The van der Waals surface area contributed by atoms with E-state index in [0.717, 1.165) is 87.6 Å². The second kappa shape index (κ2) is 11.1. The number of benzene rings is 9. The van der Waals surface area contributed by atoms with Crippen molar-refractivity contribution < 1.29 is 11.3 Å². The molecule has 0 saturated heterocycles. The van der Waals surface area contributed by atoms with Crippen molar-refractivity contribution in [3.05, 3.63) is 182 Å². The van der Waals surface area contributed by atoms with Crippen LogP contribution in [-0.2, 0) is 0 Å². The lowest BCUT2D eigenvalue weighted by Crippen LogP contribution is -1.92. The van der Waals surface area contributed by atoms with E-state index in [4.69, 9.17) is 11.3 Å². The van der Waals surface area contributed by atoms with Gasteiger partial charge < -0.3 is 4.42 Å². The zero-order valence-corrected chi connectivity index (χ0v) is 26.3. The van der Waals surface area contributed by atoms with Crippen LogP contribution in [0.1, 0.15) is 6.85 Å². The van der Waals surface area contributed by atoms with Gasteiger partial charge in [-0.15, -0.1) is 0 Å². The van der Waals surface area contributed by atoms with E-state index < -0.39 is 6.04 Å². The van der Waals surface area contributed by atoms with Gasteiger partial charge in [-0.3, -0.25) is 0 Å². The van der Waals surface area contributed by atoms with Gasteiger partial charge in [-0.25, -0.2) is 0 Å². The number of furan rings is 1. The van der Waals surface area contributed by atoms with Gasteiger partial charge in [0.05, 0.1) is 6.85 Å². The summed E-state index contributed by atoms with van der Waals surface area (Å²) in [6, 6.07) is 50.7. The summed E-state index contributed by atoms with van der Waals surface area (Å²) in [6.45, 7) is 0. The van der Waals surface area contributed by atoms with Gasteiger partial charge in [-0.05, 0) is 83.4 Å². The average molecular weight is 628 g/mol. The summed E-state index contributed by atoms with van der Waals surface area (Å²) in [5.41, 5.74) is 9.00. The van der Waals surface area contributed by atoms with E-state index in [1.54, 1.807) is 0 Å². The molecule has 0 aliphatic carbocycles. The molecule has 10 rings (SSSR count). The molecule has 49 heavy (non-hydrogen) atoms. The predicted octanol–water partition coefficient (Wildman–Crippen LogP) is 13.7. The Morgan fingerprint density at radius 1 is 0.347 bits per heavy atom. The molecule has 228 valence electrons. The molecule has 0 aliphatic rings. The normalized spacial score (nSPS) is 13.1. The first-order valence-electron chi connectivity index (χ1n) is 18.9. The molecule has 9 aromatic carbocycles. The molecule has 0 aliphatic heterocycles. The maximum atomic E-state index is 8.74. The third-order valence-electron chi connectivity index (χ3n) is 9.76. The number of hydrogen-bond donors (Lipinski definition) is 0. The minimum atomic E-state index is -0.398. The second-order valence-electron chi connectivity index (χ2n) is 12.4. The highest BCUT2D eigenvalue weighted by molar-refractivity contribution is 6.24. The molecule has 1 aromatic heterocycles. The van der Waals surface area contributed by atoms with Crippen LogP contribution >= 0.6 is 0 Å². The maximum Gasteiger partial charge on any atom is 0.143 e. The Morgan fingerprint density at radius 2 is 0.878 bits per heavy atom. The van der Waals surface area contributed by atoms with E-state index in [9.17, 15) is 0 Å². The van der Waals surface area contributed by atoms with Crippen LogP contribution in [0.4, 0.5) is 0 Å². The minimum Gasteiger partial charge on any atom is -0.455 e.